The minimum atomic E-state index is -0.890. The predicted molar refractivity (Wildman–Crippen MR) is 95.7 cm³/mol. The summed E-state index contributed by atoms with van der Waals surface area (Å²) in [5.74, 6) is 0.781. The molecule has 0 unspecified atom stereocenters. The Bertz CT molecular complexity index is 715. The molecule has 24 heavy (non-hydrogen) atoms. The lowest BCUT2D eigenvalue weighted by atomic mass is 9.88. The van der Waals surface area contributed by atoms with Gasteiger partial charge in [-0.25, -0.2) is 9.78 Å². The molecule has 0 atom stereocenters. The van der Waals surface area contributed by atoms with Gasteiger partial charge in [-0.2, -0.15) is 0 Å². The van der Waals surface area contributed by atoms with Crippen LogP contribution in [0.2, 0.25) is 0 Å². The number of carboxylic acid groups (broad SMARTS) is 1. The second kappa shape index (κ2) is 7.34. The Morgan fingerprint density at radius 2 is 2.04 bits per heavy atom. The van der Waals surface area contributed by atoms with Crippen LogP contribution in [0.25, 0.3) is 11.0 Å². The van der Waals surface area contributed by atoms with E-state index >= 15 is 0 Å². The van der Waals surface area contributed by atoms with Gasteiger partial charge in [0.1, 0.15) is 5.82 Å². The summed E-state index contributed by atoms with van der Waals surface area (Å²) >= 11 is 0. The van der Waals surface area contributed by atoms with Crippen LogP contribution in [0.3, 0.4) is 0 Å². The number of fused-ring (bicyclic) bond motifs is 1. The zero-order valence-electron chi connectivity index (χ0n) is 14.7. The number of imidazole rings is 1. The largest absolute Gasteiger partial charge is 0.478 e. The molecule has 0 radical (unpaired) electrons. The molecule has 1 aromatic carbocycles. The molecular weight excluding hydrogens is 302 g/mol. The summed E-state index contributed by atoms with van der Waals surface area (Å²) in [5, 5.41) is 9.23. The first-order valence-electron chi connectivity index (χ1n) is 8.94. The van der Waals surface area contributed by atoms with Crippen LogP contribution in [0.1, 0.15) is 60.6 Å². The first-order chi connectivity index (χ1) is 11.6. The van der Waals surface area contributed by atoms with E-state index in [0.29, 0.717) is 11.5 Å². The number of rotatable bonds is 6. The van der Waals surface area contributed by atoms with Crippen molar-refractivity contribution in [2.45, 2.75) is 51.0 Å². The van der Waals surface area contributed by atoms with Crippen molar-refractivity contribution in [1.29, 1.82) is 0 Å². The number of aryl methyl sites for hydroxylation is 1. The molecule has 1 saturated carbocycles. The average Bonchev–Trinajstić information content (AvgIpc) is 2.93. The monoisotopic (exact) mass is 329 g/mol. The highest BCUT2D eigenvalue weighted by atomic mass is 16.4. The Kier molecular flexibility index (Phi) is 5.19. The molecule has 1 N–H and O–H groups in total. The smallest absolute Gasteiger partial charge is 0.335 e. The van der Waals surface area contributed by atoms with Crippen molar-refractivity contribution < 1.29 is 9.90 Å². The van der Waals surface area contributed by atoms with Gasteiger partial charge in [0.25, 0.3) is 0 Å². The molecule has 1 heterocycles. The van der Waals surface area contributed by atoms with E-state index in [4.69, 9.17) is 4.98 Å². The van der Waals surface area contributed by atoms with Crippen molar-refractivity contribution in [1.82, 2.24) is 14.5 Å². The van der Waals surface area contributed by atoms with Crippen molar-refractivity contribution in [3.8, 4) is 0 Å². The zero-order chi connectivity index (χ0) is 17.1. The van der Waals surface area contributed by atoms with Crippen LogP contribution in [0.4, 0.5) is 0 Å². The summed E-state index contributed by atoms with van der Waals surface area (Å²) in [6, 6.07) is 5.33. The fraction of sp³-hybridized carbons (Fsp3) is 0.579. The fourth-order valence-corrected chi connectivity index (χ4v) is 3.73. The first-order valence-corrected chi connectivity index (χ1v) is 8.94. The third-order valence-corrected chi connectivity index (χ3v) is 4.98. The summed E-state index contributed by atoms with van der Waals surface area (Å²) < 4.78 is 2.33. The molecule has 130 valence electrons. The summed E-state index contributed by atoms with van der Waals surface area (Å²) in [6.45, 7) is 1.98. The van der Waals surface area contributed by atoms with E-state index in [-0.39, 0.29) is 0 Å². The topological polar surface area (TPSA) is 58.4 Å². The molecule has 1 aliphatic carbocycles. The zero-order valence-corrected chi connectivity index (χ0v) is 14.7. The van der Waals surface area contributed by atoms with Gasteiger partial charge in [0, 0.05) is 12.5 Å². The maximum absolute atomic E-state index is 11.2. The van der Waals surface area contributed by atoms with Crippen molar-refractivity contribution in [2.75, 3.05) is 20.6 Å². The fourth-order valence-electron chi connectivity index (χ4n) is 3.73. The van der Waals surface area contributed by atoms with E-state index in [1.54, 1.807) is 12.1 Å². The maximum Gasteiger partial charge on any atom is 0.335 e. The van der Waals surface area contributed by atoms with E-state index < -0.39 is 5.97 Å². The molecule has 1 fully saturated rings. The molecule has 2 aromatic rings. The van der Waals surface area contributed by atoms with Crippen LogP contribution < -0.4 is 0 Å². The molecule has 5 heteroatoms. The van der Waals surface area contributed by atoms with Crippen LogP contribution >= 0.6 is 0 Å². The molecule has 0 bridgehead atoms. The van der Waals surface area contributed by atoms with Crippen molar-refractivity contribution in [2.24, 2.45) is 0 Å². The van der Waals surface area contributed by atoms with Crippen LogP contribution in [0, 0.1) is 0 Å². The molecule has 0 saturated heterocycles. The Morgan fingerprint density at radius 1 is 1.29 bits per heavy atom. The van der Waals surface area contributed by atoms with Crippen molar-refractivity contribution in [3.63, 3.8) is 0 Å². The summed E-state index contributed by atoms with van der Waals surface area (Å²) in [7, 11) is 4.18. The Morgan fingerprint density at radius 3 is 2.71 bits per heavy atom. The summed E-state index contributed by atoms with van der Waals surface area (Å²) in [6.07, 6.45) is 7.32. The van der Waals surface area contributed by atoms with E-state index in [0.717, 1.165) is 36.4 Å². The molecule has 0 spiro atoms. The number of aromatic nitrogens is 2. The van der Waals surface area contributed by atoms with Gasteiger partial charge in [-0.1, -0.05) is 19.3 Å². The van der Waals surface area contributed by atoms with Crippen LogP contribution in [0.15, 0.2) is 18.2 Å². The van der Waals surface area contributed by atoms with E-state index in [9.17, 15) is 9.90 Å². The number of hydrogen-bond donors (Lipinski definition) is 1. The maximum atomic E-state index is 11.2. The number of benzene rings is 1. The Labute approximate surface area is 143 Å². The number of carboxylic acids is 1. The minimum absolute atomic E-state index is 0.315. The first kappa shape index (κ1) is 17.0. The summed E-state index contributed by atoms with van der Waals surface area (Å²) in [5.41, 5.74) is 2.20. The number of nitrogens with zero attached hydrogens (tertiary/aromatic N) is 3. The lowest BCUT2D eigenvalue weighted by Crippen LogP contribution is -2.17. The molecular formula is C19H27N3O2. The predicted octanol–water partition coefficient (Wildman–Crippen LogP) is 3.73. The van der Waals surface area contributed by atoms with Gasteiger partial charge in [0.15, 0.2) is 0 Å². The van der Waals surface area contributed by atoms with Gasteiger partial charge in [-0.3, -0.25) is 0 Å². The van der Waals surface area contributed by atoms with Gasteiger partial charge in [-0.15, -0.1) is 0 Å². The van der Waals surface area contributed by atoms with Crippen LogP contribution in [0.5, 0.6) is 0 Å². The molecule has 1 aliphatic rings. The molecule has 0 aliphatic heterocycles. The minimum Gasteiger partial charge on any atom is -0.478 e. The Balaban J connectivity index is 1.97. The average molecular weight is 329 g/mol. The third kappa shape index (κ3) is 3.61. The molecule has 3 rings (SSSR count). The number of hydrogen-bond acceptors (Lipinski definition) is 3. The van der Waals surface area contributed by atoms with E-state index in [1.807, 2.05) is 6.07 Å². The van der Waals surface area contributed by atoms with Gasteiger partial charge in [-0.05, 0) is 58.1 Å². The summed E-state index contributed by atoms with van der Waals surface area (Å²) in [4.78, 5) is 18.3. The highest BCUT2D eigenvalue weighted by Gasteiger charge is 2.22. The molecule has 1 aromatic heterocycles. The van der Waals surface area contributed by atoms with Crippen LogP contribution in [-0.2, 0) is 6.54 Å². The molecule has 5 nitrogen and oxygen atoms in total. The van der Waals surface area contributed by atoms with Gasteiger partial charge in [0.05, 0.1) is 16.6 Å². The quantitative estimate of drug-likeness (QED) is 0.877. The number of carbonyl (C=O) groups is 1. The SMILES string of the molecule is CN(C)CCCn1c(C2CCCCC2)nc2cc(C(=O)O)ccc21. The lowest BCUT2D eigenvalue weighted by Gasteiger charge is -2.22. The van der Waals surface area contributed by atoms with Gasteiger partial charge < -0.3 is 14.6 Å². The standard InChI is InChI=1S/C19H27N3O2/c1-21(2)11-6-12-22-17-10-9-15(19(23)24)13-16(17)20-18(22)14-7-4-3-5-8-14/h9-10,13-14H,3-8,11-12H2,1-2H3,(H,23,24). The van der Waals surface area contributed by atoms with E-state index in [2.05, 4.69) is 23.6 Å². The third-order valence-electron chi connectivity index (χ3n) is 4.98. The van der Waals surface area contributed by atoms with E-state index in [1.165, 1.54) is 32.1 Å². The van der Waals surface area contributed by atoms with Crippen LogP contribution in [-0.4, -0.2) is 46.2 Å². The lowest BCUT2D eigenvalue weighted by molar-refractivity contribution is 0.0697. The normalized spacial score (nSPS) is 16.1. The number of aromatic carboxylic acids is 1. The second-order valence-corrected chi connectivity index (χ2v) is 7.12. The second-order valence-electron chi connectivity index (χ2n) is 7.12. The molecule has 0 amide bonds. The van der Waals surface area contributed by atoms with Gasteiger partial charge in [0.2, 0.25) is 0 Å². The van der Waals surface area contributed by atoms with Gasteiger partial charge >= 0.3 is 5.97 Å². The van der Waals surface area contributed by atoms with Crippen molar-refractivity contribution >= 4 is 17.0 Å². The van der Waals surface area contributed by atoms with Crippen molar-refractivity contribution in [3.05, 3.63) is 29.6 Å². The highest BCUT2D eigenvalue weighted by molar-refractivity contribution is 5.92. The highest BCUT2D eigenvalue weighted by Crippen LogP contribution is 2.34. The Hall–Kier alpha value is -1.88.